The predicted octanol–water partition coefficient (Wildman–Crippen LogP) is 3.15. The van der Waals surface area contributed by atoms with Crippen LogP contribution in [0.1, 0.15) is 30.0 Å². The second-order valence-corrected chi connectivity index (χ2v) is 7.21. The summed E-state index contributed by atoms with van der Waals surface area (Å²) in [6.45, 7) is 2.63. The minimum absolute atomic E-state index is 0.0238. The smallest absolute Gasteiger partial charge is 0.422 e. The number of piperidine rings is 1. The first kappa shape index (κ1) is 18.2. The number of aliphatic hydroxyl groups is 1. The molecule has 27 heavy (non-hydrogen) atoms. The number of fused-ring (bicyclic) bond motifs is 2. The van der Waals surface area contributed by atoms with E-state index in [0.29, 0.717) is 36.1 Å². The third-order valence-electron chi connectivity index (χ3n) is 5.37. The summed E-state index contributed by atoms with van der Waals surface area (Å²) in [5.74, 6) is -0.132. The van der Waals surface area contributed by atoms with E-state index in [1.54, 1.807) is 11.8 Å². The van der Waals surface area contributed by atoms with E-state index in [4.69, 9.17) is 9.47 Å². The number of alkyl halides is 3. The maximum absolute atomic E-state index is 12.9. The van der Waals surface area contributed by atoms with Crippen molar-refractivity contribution in [2.45, 2.75) is 51.1 Å². The fourth-order valence-electron chi connectivity index (χ4n) is 4.06. The zero-order valence-corrected chi connectivity index (χ0v) is 15.0. The number of rotatable bonds is 4. The van der Waals surface area contributed by atoms with Gasteiger partial charge in [0.1, 0.15) is 17.6 Å². The van der Waals surface area contributed by atoms with Crippen LogP contribution in [-0.4, -0.2) is 53.5 Å². The van der Waals surface area contributed by atoms with Crippen molar-refractivity contribution in [2.24, 2.45) is 0 Å². The molecule has 1 N–H and O–H groups in total. The molecule has 3 unspecified atom stereocenters. The number of ether oxygens (including phenoxy) is 2. The Kier molecular flexibility index (Phi) is 4.14. The van der Waals surface area contributed by atoms with Crippen LogP contribution in [0.4, 0.5) is 13.2 Å². The van der Waals surface area contributed by atoms with E-state index in [1.807, 2.05) is 6.92 Å². The molecular formula is C19H20F3NO4. The number of epoxide rings is 1. The Morgan fingerprint density at radius 3 is 2.74 bits per heavy atom. The second-order valence-electron chi connectivity index (χ2n) is 7.21. The Labute approximate surface area is 154 Å². The van der Waals surface area contributed by atoms with E-state index in [-0.39, 0.29) is 41.2 Å². The monoisotopic (exact) mass is 383 g/mol. The average molecular weight is 383 g/mol. The van der Waals surface area contributed by atoms with Gasteiger partial charge in [-0.1, -0.05) is 6.92 Å². The number of hydrogen-bond acceptors (Lipinski definition) is 4. The molecule has 3 heterocycles. The number of aryl methyl sites for hydroxylation is 2. The first-order valence-corrected chi connectivity index (χ1v) is 8.92. The molecule has 1 aromatic carbocycles. The predicted molar refractivity (Wildman–Crippen MR) is 90.4 cm³/mol. The van der Waals surface area contributed by atoms with Gasteiger partial charge in [-0.05, 0) is 42.2 Å². The molecule has 0 radical (unpaired) electrons. The van der Waals surface area contributed by atoms with Gasteiger partial charge in [0.15, 0.2) is 6.61 Å². The first-order valence-electron chi connectivity index (χ1n) is 8.92. The molecule has 3 atom stereocenters. The fourth-order valence-corrected chi connectivity index (χ4v) is 4.06. The van der Waals surface area contributed by atoms with Crippen molar-refractivity contribution in [3.05, 3.63) is 34.6 Å². The van der Waals surface area contributed by atoms with Gasteiger partial charge in [0.05, 0.1) is 24.3 Å². The summed E-state index contributed by atoms with van der Waals surface area (Å²) in [6, 6.07) is 2.60. The van der Waals surface area contributed by atoms with Crippen LogP contribution in [0.3, 0.4) is 0 Å². The van der Waals surface area contributed by atoms with Crippen LogP contribution in [0.15, 0.2) is 17.9 Å². The van der Waals surface area contributed by atoms with Crippen LogP contribution >= 0.6 is 0 Å². The quantitative estimate of drug-likeness (QED) is 0.812. The molecular weight excluding hydrogens is 363 g/mol. The Hall–Kier alpha value is -2.22. The summed E-state index contributed by atoms with van der Waals surface area (Å²) in [4.78, 5) is 14.6. The summed E-state index contributed by atoms with van der Waals surface area (Å²) >= 11 is 0. The van der Waals surface area contributed by atoms with E-state index >= 15 is 0 Å². The molecule has 146 valence electrons. The highest BCUT2D eigenvalue weighted by molar-refractivity contribution is 6.23. The van der Waals surface area contributed by atoms with Crippen molar-refractivity contribution in [1.82, 2.24) is 4.90 Å². The number of carbonyl (C=O) groups excluding carboxylic acids is 1. The number of hydrogen-bond donors (Lipinski definition) is 1. The minimum Gasteiger partial charge on any atom is -0.509 e. The number of benzene rings is 1. The number of aliphatic hydroxyl groups excluding tert-OH is 1. The van der Waals surface area contributed by atoms with Gasteiger partial charge < -0.3 is 19.5 Å². The minimum atomic E-state index is -4.42. The zero-order valence-electron chi connectivity index (χ0n) is 15.0. The number of halogens is 3. The Bertz CT molecular complexity index is 833. The van der Waals surface area contributed by atoms with E-state index < -0.39 is 12.8 Å². The van der Waals surface area contributed by atoms with Crippen molar-refractivity contribution >= 4 is 11.5 Å². The normalized spacial score (nSPS) is 26.9. The molecule has 3 aliphatic rings. The lowest BCUT2D eigenvalue weighted by molar-refractivity contribution is -0.153. The molecule has 2 saturated heterocycles. The van der Waals surface area contributed by atoms with Gasteiger partial charge in [-0.25, -0.2) is 0 Å². The molecule has 2 fully saturated rings. The summed E-state index contributed by atoms with van der Waals surface area (Å²) in [5.41, 5.74) is 2.10. The van der Waals surface area contributed by atoms with E-state index in [9.17, 15) is 23.1 Å². The standard InChI is InChI=1S/C19H20F3NO4/c1-3-10-5-11(26-8-19(20,21)22)4-9(2)15(10)16-17(24)12-6-13-14(27-13)7-23(12)18(16)25/h4-5,12-14,24H,3,6-8H2,1-2H3. The Balaban J connectivity index is 1.69. The first-order chi connectivity index (χ1) is 12.7. The van der Waals surface area contributed by atoms with Gasteiger partial charge in [-0.2, -0.15) is 13.2 Å². The third kappa shape index (κ3) is 3.16. The lowest BCUT2D eigenvalue weighted by Crippen LogP contribution is -2.43. The van der Waals surface area contributed by atoms with Gasteiger partial charge in [0.2, 0.25) is 0 Å². The zero-order chi connectivity index (χ0) is 19.5. The van der Waals surface area contributed by atoms with Crippen LogP contribution < -0.4 is 4.74 Å². The topological polar surface area (TPSA) is 62.3 Å². The maximum atomic E-state index is 12.9. The highest BCUT2D eigenvalue weighted by Crippen LogP contribution is 2.44. The summed E-state index contributed by atoms with van der Waals surface area (Å²) in [6.07, 6.45) is -3.23. The van der Waals surface area contributed by atoms with Crippen LogP contribution in [0.2, 0.25) is 0 Å². The van der Waals surface area contributed by atoms with Crippen LogP contribution in [-0.2, 0) is 16.0 Å². The van der Waals surface area contributed by atoms with Crippen molar-refractivity contribution in [1.29, 1.82) is 0 Å². The largest absolute Gasteiger partial charge is 0.509 e. The fraction of sp³-hybridized carbons (Fsp3) is 0.526. The third-order valence-corrected chi connectivity index (χ3v) is 5.37. The average Bonchev–Trinajstić information content (AvgIpc) is 3.33. The Morgan fingerprint density at radius 1 is 1.33 bits per heavy atom. The van der Waals surface area contributed by atoms with Crippen LogP contribution in [0.5, 0.6) is 5.75 Å². The maximum Gasteiger partial charge on any atom is 0.422 e. The van der Waals surface area contributed by atoms with Crippen LogP contribution in [0, 0.1) is 6.92 Å². The van der Waals surface area contributed by atoms with Gasteiger partial charge >= 0.3 is 6.18 Å². The number of carbonyl (C=O) groups is 1. The second kappa shape index (κ2) is 6.15. The number of amides is 1. The van der Waals surface area contributed by atoms with E-state index in [2.05, 4.69) is 0 Å². The van der Waals surface area contributed by atoms with E-state index in [1.165, 1.54) is 12.1 Å². The van der Waals surface area contributed by atoms with Gasteiger partial charge in [0, 0.05) is 6.42 Å². The molecule has 1 aromatic rings. The van der Waals surface area contributed by atoms with Crippen molar-refractivity contribution in [2.75, 3.05) is 13.2 Å². The van der Waals surface area contributed by atoms with Gasteiger partial charge in [-0.3, -0.25) is 4.79 Å². The van der Waals surface area contributed by atoms with E-state index in [0.717, 1.165) is 0 Å². The van der Waals surface area contributed by atoms with Gasteiger partial charge in [0.25, 0.3) is 5.91 Å². The molecule has 8 heteroatoms. The van der Waals surface area contributed by atoms with Gasteiger partial charge in [-0.15, -0.1) is 0 Å². The van der Waals surface area contributed by atoms with Crippen LogP contribution in [0.25, 0.3) is 5.57 Å². The molecule has 0 aromatic heterocycles. The molecule has 0 bridgehead atoms. The van der Waals surface area contributed by atoms with Crippen molar-refractivity contribution < 1.29 is 32.5 Å². The Morgan fingerprint density at radius 2 is 2.07 bits per heavy atom. The lowest BCUT2D eigenvalue weighted by atomic mass is 9.92. The molecule has 5 nitrogen and oxygen atoms in total. The molecule has 3 aliphatic heterocycles. The highest BCUT2D eigenvalue weighted by atomic mass is 19.4. The highest BCUT2D eigenvalue weighted by Gasteiger charge is 2.54. The molecule has 0 spiro atoms. The summed E-state index contributed by atoms with van der Waals surface area (Å²) in [5, 5.41) is 10.7. The molecule has 0 saturated carbocycles. The molecule has 1 amide bonds. The summed E-state index contributed by atoms with van der Waals surface area (Å²) < 4.78 is 47.6. The summed E-state index contributed by atoms with van der Waals surface area (Å²) in [7, 11) is 0. The lowest BCUT2D eigenvalue weighted by Gasteiger charge is -2.27. The molecule has 4 rings (SSSR count). The van der Waals surface area contributed by atoms with Crippen molar-refractivity contribution in [3.63, 3.8) is 0 Å². The van der Waals surface area contributed by atoms with Crippen molar-refractivity contribution in [3.8, 4) is 5.75 Å². The molecule has 0 aliphatic carbocycles. The SMILES string of the molecule is CCc1cc(OCC(F)(F)F)cc(C)c1C1=C(O)C2CC3OC3CN2C1=O. The number of nitrogens with zero attached hydrogens (tertiary/aromatic N) is 1.